The Morgan fingerprint density at radius 2 is 1.08 bits per heavy atom. The van der Waals surface area contributed by atoms with E-state index in [-0.39, 0.29) is 0 Å². The molecule has 0 saturated heterocycles. The average molecular weight is 536 g/mol. The first kappa shape index (κ1) is 23.9. The van der Waals surface area contributed by atoms with Crippen LogP contribution < -0.4 is 4.74 Å². The number of hydrogen-bond acceptors (Lipinski definition) is 4. The van der Waals surface area contributed by atoms with Crippen molar-refractivity contribution in [1.82, 2.24) is 15.0 Å². The average Bonchev–Trinajstić information content (AvgIpc) is 2.96. The molecule has 36 heavy (non-hydrogen) atoms. The van der Waals surface area contributed by atoms with E-state index in [4.69, 9.17) is 9.72 Å². The number of halogens is 1. The lowest BCUT2D eigenvalue weighted by molar-refractivity contribution is 0.310. The van der Waals surface area contributed by atoms with Gasteiger partial charge in [-0.1, -0.05) is 64.5 Å². The number of rotatable bonds is 9. The number of alkyl halides is 1. The molecule has 3 aromatic heterocycles. The number of aromatic nitrogens is 3. The predicted molar refractivity (Wildman–Crippen MR) is 150 cm³/mol. The van der Waals surface area contributed by atoms with E-state index in [1.807, 2.05) is 48.5 Å². The van der Waals surface area contributed by atoms with E-state index < -0.39 is 0 Å². The molecule has 0 aliphatic carbocycles. The Bertz CT molecular complexity index is 1330. The van der Waals surface area contributed by atoms with Crippen molar-refractivity contribution in [2.75, 3.05) is 11.9 Å². The van der Waals surface area contributed by atoms with Gasteiger partial charge in [-0.3, -0.25) is 9.97 Å². The van der Waals surface area contributed by atoms with Crippen LogP contribution in [0.1, 0.15) is 12.8 Å². The molecule has 0 unspecified atom stereocenters. The van der Waals surface area contributed by atoms with Crippen LogP contribution in [0.3, 0.4) is 0 Å². The van der Waals surface area contributed by atoms with Gasteiger partial charge in [0.25, 0.3) is 0 Å². The molecular formula is C31H26BrN3O. The van der Waals surface area contributed by atoms with Crippen LogP contribution in [0.15, 0.2) is 109 Å². The molecule has 5 aromatic rings. The highest BCUT2D eigenvalue weighted by Gasteiger charge is 2.10. The Labute approximate surface area is 220 Å². The van der Waals surface area contributed by atoms with Crippen molar-refractivity contribution in [1.29, 1.82) is 0 Å². The lowest BCUT2D eigenvalue weighted by atomic mass is 9.99. The summed E-state index contributed by atoms with van der Waals surface area (Å²) in [6.45, 7) is 0.743. The molecule has 2 aromatic carbocycles. The second-order valence-electron chi connectivity index (χ2n) is 8.40. The summed E-state index contributed by atoms with van der Waals surface area (Å²) in [7, 11) is 0. The van der Waals surface area contributed by atoms with E-state index in [9.17, 15) is 0 Å². The summed E-state index contributed by atoms with van der Waals surface area (Å²) in [6.07, 6.45) is 5.75. The van der Waals surface area contributed by atoms with Gasteiger partial charge >= 0.3 is 0 Å². The van der Waals surface area contributed by atoms with E-state index in [0.717, 1.165) is 75.6 Å². The second kappa shape index (κ2) is 11.7. The highest BCUT2D eigenvalue weighted by atomic mass is 79.9. The van der Waals surface area contributed by atoms with Gasteiger partial charge in [-0.2, -0.15) is 0 Å². The largest absolute Gasteiger partial charge is 0.494 e. The molecule has 0 radical (unpaired) electrons. The molecule has 0 atom stereocenters. The number of benzene rings is 2. The molecule has 0 aliphatic heterocycles. The quantitative estimate of drug-likeness (QED) is 0.141. The van der Waals surface area contributed by atoms with Crippen LogP contribution in [-0.4, -0.2) is 26.9 Å². The van der Waals surface area contributed by atoms with Crippen LogP contribution in [0.25, 0.3) is 45.0 Å². The van der Waals surface area contributed by atoms with Gasteiger partial charge in [-0.15, -0.1) is 0 Å². The Hall–Kier alpha value is -3.83. The third-order valence-corrected chi connectivity index (χ3v) is 6.44. The van der Waals surface area contributed by atoms with Gasteiger partial charge in [-0.05, 0) is 83.6 Å². The maximum atomic E-state index is 5.83. The van der Waals surface area contributed by atoms with Crippen LogP contribution >= 0.6 is 15.9 Å². The molecule has 5 heteroatoms. The summed E-state index contributed by atoms with van der Waals surface area (Å²) < 4.78 is 5.83. The first-order valence-corrected chi connectivity index (χ1v) is 13.2. The van der Waals surface area contributed by atoms with Crippen molar-refractivity contribution >= 4 is 15.9 Å². The topological polar surface area (TPSA) is 47.9 Å². The van der Waals surface area contributed by atoms with Gasteiger partial charge in [-0.25, -0.2) is 4.98 Å². The van der Waals surface area contributed by atoms with E-state index >= 15 is 0 Å². The molecular weight excluding hydrogens is 510 g/mol. The second-order valence-corrected chi connectivity index (χ2v) is 9.20. The molecule has 4 nitrogen and oxygen atoms in total. The Balaban J connectivity index is 1.41. The number of unbranched alkanes of at least 4 members (excludes halogenated alkanes) is 1. The summed E-state index contributed by atoms with van der Waals surface area (Å²) in [6, 6.07) is 32.8. The van der Waals surface area contributed by atoms with E-state index in [1.165, 1.54) is 0 Å². The van der Waals surface area contributed by atoms with Gasteiger partial charge < -0.3 is 4.74 Å². The van der Waals surface area contributed by atoms with Gasteiger partial charge in [0.1, 0.15) is 5.75 Å². The summed E-state index contributed by atoms with van der Waals surface area (Å²) in [5.41, 5.74) is 7.83. The van der Waals surface area contributed by atoms with E-state index in [2.05, 4.69) is 74.4 Å². The summed E-state index contributed by atoms with van der Waals surface area (Å²) in [4.78, 5) is 13.9. The zero-order chi connectivity index (χ0) is 24.6. The molecule has 0 bridgehead atoms. The minimum Gasteiger partial charge on any atom is -0.494 e. The molecule has 0 N–H and O–H groups in total. The van der Waals surface area contributed by atoms with Crippen LogP contribution in [0, 0.1) is 0 Å². The van der Waals surface area contributed by atoms with Gasteiger partial charge in [0.05, 0.1) is 29.4 Å². The Morgan fingerprint density at radius 3 is 1.58 bits per heavy atom. The maximum Gasteiger partial charge on any atom is 0.119 e. The third-order valence-electron chi connectivity index (χ3n) is 5.88. The first-order chi connectivity index (χ1) is 17.8. The SMILES string of the molecule is BrCCCCOc1ccc(-c2ccc(-c3cc(-c4ccccn4)nc(-c4ccccn4)c3)cc2)cc1. The zero-order valence-electron chi connectivity index (χ0n) is 19.8. The zero-order valence-corrected chi connectivity index (χ0v) is 21.4. The van der Waals surface area contributed by atoms with Crippen LogP contribution in [0.5, 0.6) is 5.75 Å². The first-order valence-electron chi connectivity index (χ1n) is 12.0. The van der Waals surface area contributed by atoms with Crippen molar-refractivity contribution in [2.45, 2.75) is 12.8 Å². The number of nitrogens with zero attached hydrogens (tertiary/aromatic N) is 3. The number of pyridine rings is 3. The highest BCUT2D eigenvalue weighted by Crippen LogP contribution is 2.31. The number of ether oxygens (including phenoxy) is 1. The smallest absolute Gasteiger partial charge is 0.119 e. The summed E-state index contributed by atoms with van der Waals surface area (Å²) in [5.74, 6) is 0.908. The number of hydrogen-bond donors (Lipinski definition) is 0. The third kappa shape index (κ3) is 5.86. The van der Waals surface area contributed by atoms with Crippen LogP contribution in [0.4, 0.5) is 0 Å². The fourth-order valence-electron chi connectivity index (χ4n) is 3.97. The highest BCUT2D eigenvalue weighted by molar-refractivity contribution is 9.09. The lowest BCUT2D eigenvalue weighted by Gasteiger charge is -2.10. The van der Waals surface area contributed by atoms with Crippen LogP contribution in [0.2, 0.25) is 0 Å². The van der Waals surface area contributed by atoms with Crippen molar-refractivity contribution in [3.05, 3.63) is 109 Å². The van der Waals surface area contributed by atoms with Gasteiger partial charge in [0, 0.05) is 17.7 Å². The Kier molecular flexibility index (Phi) is 7.79. The lowest BCUT2D eigenvalue weighted by Crippen LogP contribution is -1.97. The van der Waals surface area contributed by atoms with Crippen molar-refractivity contribution in [3.8, 4) is 50.8 Å². The molecule has 0 saturated carbocycles. The predicted octanol–water partition coefficient (Wildman–Crippen LogP) is 8.09. The molecule has 0 amide bonds. The fourth-order valence-corrected chi connectivity index (χ4v) is 4.37. The summed E-state index contributed by atoms with van der Waals surface area (Å²) in [5, 5.41) is 1.01. The molecule has 5 rings (SSSR count). The van der Waals surface area contributed by atoms with E-state index in [1.54, 1.807) is 12.4 Å². The monoisotopic (exact) mass is 535 g/mol. The van der Waals surface area contributed by atoms with Gasteiger partial charge in [0.2, 0.25) is 0 Å². The van der Waals surface area contributed by atoms with Crippen molar-refractivity contribution in [3.63, 3.8) is 0 Å². The van der Waals surface area contributed by atoms with Gasteiger partial charge in [0.15, 0.2) is 0 Å². The normalized spacial score (nSPS) is 10.8. The van der Waals surface area contributed by atoms with Crippen molar-refractivity contribution in [2.24, 2.45) is 0 Å². The fraction of sp³-hybridized carbons (Fsp3) is 0.129. The molecule has 178 valence electrons. The standard InChI is InChI=1S/C31H26BrN3O/c32-17-3-6-20-36-27-15-13-24(14-16-27)23-9-11-25(12-10-23)26-21-30(28-7-1-4-18-33-28)35-31(22-26)29-8-2-5-19-34-29/h1-2,4-5,7-16,18-19,21-22H,3,6,17,20H2. The minimum absolute atomic E-state index is 0.743. The van der Waals surface area contributed by atoms with E-state index in [0.29, 0.717) is 0 Å². The van der Waals surface area contributed by atoms with Crippen LogP contribution in [-0.2, 0) is 0 Å². The molecule has 0 fully saturated rings. The Morgan fingerprint density at radius 1 is 0.556 bits per heavy atom. The molecule has 0 aliphatic rings. The van der Waals surface area contributed by atoms with Crippen molar-refractivity contribution < 1.29 is 4.74 Å². The molecule has 3 heterocycles. The minimum atomic E-state index is 0.743. The summed E-state index contributed by atoms with van der Waals surface area (Å²) >= 11 is 3.46. The molecule has 0 spiro atoms. The maximum absolute atomic E-state index is 5.83.